The normalized spacial score (nSPS) is 11.6. The number of hydrogen-bond donors (Lipinski definition) is 1. The Balaban J connectivity index is 2.41. The van der Waals surface area contributed by atoms with Crippen molar-refractivity contribution >= 4 is 0 Å². The first kappa shape index (κ1) is 12.6. The molecule has 18 heavy (non-hydrogen) atoms. The van der Waals surface area contributed by atoms with Crippen LogP contribution in [0.5, 0.6) is 0 Å². The fourth-order valence-corrected chi connectivity index (χ4v) is 1.82. The second kappa shape index (κ2) is 4.82. The molecule has 0 saturated carbocycles. The lowest BCUT2D eigenvalue weighted by Crippen LogP contribution is -2.04. The molecule has 4 heteroatoms. The average molecular weight is 251 g/mol. The van der Waals surface area contributed by atoms with E-state index in [2.05, 4.69) is 0 Å². The van der Waals surface area contributed by atoms with Crippen molar-refractivity contribution in [2.24, 2.45) is 5.73 Å². The molecule has 0 heterocycles. The van der Waals surface area contributed by atoms with E-state index in [1.807, 2.05) is 24.3 Å². The third-order valence-electron chi connectivity index (χ3n) is 2.76. The number of alkyl halides is 3. The van der Waals surface area contributed by atoms with Gasteiger partial charge in [-0.1, -0.05) is 36.4 Å². The van der Waals surface area contributed by atoms with Gasteiger partial charge in [0.2, 0.25) is 0 Å². The van der Waals surface area contributed by atoms with Crippen LogP contribution in [0.2, 0.25) is 0 Å². The van der Waals surface area contributed by atoms with Crippen molar-refractivity contribution in [2.45, 2.75) is 12.7 Å². The number of nitrogens with two attached hydrogens (primary N) is 1. The first-order valence-electron chi connectivity index (χ1n) is 5.48. The maximum Gasteiger partial charge on any atom is 0.416 e. The Morgan fingerprint density at radius 2 is 1.50 bits per heavy atom. The highest BCUT2D eigenvalue weighted by Gasteiger charge is 2.29. The summed E-state index contributed by atoms with van der Waals surface area (Å²) in [6.07, 6.45) is -4.30. The minimum Gasteiger partial charge on any atom is -0.326 e. The Kier molecular flexibility index (Phi) is 3.39. The molecule has 0 fully saturated rings. The molecular weight excluding hydrogens is 239 g/mol. The lowest BCUT2D eigenvalue weighted by atomic mass is 9.99. The van der Waals surface area contributed by atoms with Gasteiger partial charge in [0.05, 0.1) is 5.56 Å². The summed E-state index contributed by atoms with van der Waals surface area (Å²) in [7, 11) is 0. The quantitative estimate of drug-likeness (QED) is 0.862. The maximum absolute atomic E-state index is 12.4. The van der Waals surface area contributed by atoms with Crippen molar-refractivity contribution < 1.29 is 13.2 Å². The summed E-state index contributed by atoms with van der Waals surface area (Å²) >= 11 is 0. The molecule has 2 N–H and O–H groups in total. The van der Waals surface area contributed by atoms with Crippen LogP contribution in [-0.2, 0) is 12.7 Å². The third-order valence-corrected chi connectivity index (χ3v) is 2.76. The van der Waals surface area contributed by atoms with E-state index in [1.165, 1.54) is 12.1 Å². The zero-order chi connectivity index (χ0) is 13.2. The molecule has 0 bridgehead atoms. The van der Waals surface area contributed by atoms with Crippen molar-refractivity contribution in [3.05, 3.63) is 59.7 Å². The highest BCUT2D eigenvalue weighted by atomic mass is 19.4. The number of benzene rings is 2. The molecule has 0 atom stereocenters. The van der Waals surface area contributed by atoms with Crippen LogP contribution >= 0.6 is 0 Å². The zero-order valence-electron chi connectivity index (χ0n) is 9.54. The fraction of sp³-hybridized carbons (Fsp3) is 0.143. The third kappa shape index (κ3) is 2.54. The van der Waals surface area contributed by atoms with Crippen LogP contribution in [0.1, 0.15) is 11.1 Å². The Hall–Kier alpha value is -1.81. The van der Waals surface area contributed by atoms with Gasteiger partial charge in [-0.05, 0) is 28.8 Å². The monoisotopic (exact) mass is 251 g/mol. The summed E-state index contributed by atoms with van der Waals surface area (Å²) in [6.45, 7) is 0.358. The lowest BCUT2D eigenvalue weighted by molar-refractivity contribution is -0.137. The molecule has 0 aliphatic carbocycles. The Bertz CT molecular complexity index is 529. The summed E-state index contributed by atoms with van der Waals surface area (Å²) in [4.78, 5) is 0. The smallest absolute Gasteiger partial charge is 0.326 e. The number of halogens is 3. The first-order chi connectivity index (χ1) is 8.52. The molecule has 0 radical (unpaired) electrons. The molecule has 0 aliphatic heterocycles. The number of hydrogen-bond acceptors (Lipinski definition) is 1. The van der Waals surface area contributed by atoms with Crippen molar-refractivity contribution in [3.63, 3.8) is 0 Å². The van der Waals surface area contributed by atoms with Crippen LogP contribution in [-0.4, -0.2) is 0 Å². The van der Waals surface area contributed by atoms with Gasteiger partial charge in [-0.15, -0.1) is 0 Å². The van der Waals surface area contributed by atoms with E-state index in [0.717, 1.165) is 28.8 Å². The second-order valence-corrected chi connectivity index (χ2v) is 3.94. The van der Waals surface area contributed by atoms with Gasteiger partial charge in [-0.25, -0.2) is 0 Å². The van der Waals surface area contributed by atoms with Gasteiger partial charge in [-0.2, -0.15) is 13.2 Å². The van der Waals surface area contributed by atoms with E-state index < -0.39 is 11.7 Å². The van der Waals surface area contributed by atoms with Crippen molar-refractivity contribution in [3.8, 4) is 11.1 Å². The van der Waals surface area contributed by atoms with Gasteiger partial charge in [0.25, 0.3) is 0 Å². The van der Waals surface area contributed by atoms with Crippen molar-refractivity contribution in [2.75, 3.05) is 0 Å². The molecule has 94 valence electrons. The minimum atomic E-state index is -4.30. The first-order valence-corrected chi connectivity index (χ1v) is 5.48. The van der Waals surface area contributed by atoms with Gasteiger partial charge in [0, 0.05) is 6.54 Å². The van der Waals surface area contributed by atoms with Gasteiger partial charge in [0.15, 0.2) is 0 Å². The van der Waals surface area contributed by atoms with E-state index in [0.29, 0.717) is 6.54 Å². The number of rotatable bonds is 2. The highest BCUT2D eigenvalue weighted by Crippen LogP contribution is 2.31. The standard InChI is InChI=1S/C14H12F3N/c15-14(16,17)12-7-5-10(6-8-12)13-4-2-1-3-11(13)9-18/h1-8H,9,18H2. The molecule has 2 aromatic rings. The predicted octanol–water partition coefficient (Wildman–Crippen LogP) is 3.83. The minimum absolute atomic E-state index is 0.358. The largest absolute Gasteiger partial charge is 0.416 e. The molecule has 0 aliphatic rings. The van der Waals surface area contributed by atoms with Gasteiger partial charge >= 0.3 is 6.18 Å². The van der Waals surface area contributed by atoms with Crippen LogP contribution in [0.25, 0.3) is 11.1 Å². The van der Waals surface area contributed by atoms with Crippen LogP contribution < -0.4 is 5.73 Å². The van der Waals surface area contributed by atoms with Gasteiger partial charge in [0.1, 0.15) is 0 Å². The SMILES string of the molecule is NCc1ccccc1-c1ccc(C(F)(F)F)cc1. The van der Waals surface area contributed by atoms with Crippen LogP contribution in [0, 0.1) is 0 Å². The van der Waals surface area contributed by atoms with E-state index in [1.54, 1.807) is 0 Å². The fourth-order valence-electron chi connectivity index (χ4n) is 1.82. The van der Waals surface area contributed by atoms with E-state index >= 15 is 0 Å². The topological polar surface area (TPSA) is 26.0 Å². The van der Waals surface area contributed by atoms with Crippen LogP contribution in [0.15, 0.2) is 48.5 Å². The molecule has 0 aromatic heterocycles. The summed E-state index contributed by atoms with van der Waals surface area (Å²) in [5.74, 6) is 0. The molecule has 1 nitrogen and oxygen atoms in total. The Morgan fingerprint density at radius 1 is 0.889 bits per heavy atom. The van der Waals surface area contributed by atoms with E-state index in [9.17, 15) is 13.2 Å². The average Bonchev–Trinajstić information content (AvgIpc) is 2.38. The van der Waals surface area contributed by atoms with E-state index in [-0.39, 0.29) is 0 Å². The van der Waals surface area contributed by atoms with Crippen molar-refractivity contribution in [1.29, 1.82) is 0 Å². The summed E-state index contributed by atoms with van der Waals surface area (Å²) in [5.41, 5.74) is 7.49. The molecular formula is C14H12F3N. The van der Waals surface area contributed by atoms with E-state index in [4.69, 9.17) is 5.73 Å². The molecule has 2 rings (SSSR count). The highest BCUT2D eigenvalue weighted by molar-refractivity contribution is 5.67. The summed E-state index contributed by atoms with van der Waals surface area (Å²) < 4.78 is 37.3. The van der Waals surface area contributed by atoms with Crippen LogP contribution in [0.3, 0.4) is 0 Å². The summed E-state index contributed by atoms with van der Waals surface area (Å²) in [6, 6.07) is 12.5. The molecule has 2 aromatic carbocycles. The second-order valence-electron chi connectivity index (χ2n) is 3.94. The Labute approximate surface area is 103 Å². The van der Waals surface area contributed by atoms with Gasteiger partial charge < -0.3 is 5.73 Å². The Morgan fingerprint density at radius 3 is 2.06 bits per heavy atom. The predicted molar refractivity (Wildman–Crippen MR) is 64.8 cm³/mol. The van der Waals surface area contributed by atoms with Crippen LogP contribution in [0.4, 0.5) is 13.2 Å². The van der Waals surface area contributed by atoms with Gasteiger partial charge in [-0.3, -0.25) is 0 Å². The molecule has 0 saturated heterocycles. The van der Waals surface area contributed by atoms with Crippen molar-refractivity contribution in [1.82, 2.24) is 0 Å². The summed E-state index contributed by atoms with van der Waals surface area (Å²) in [5, 5.41) is 0. The zero-order valence-corrected chi connectivity index (χ0v) is 9.54. The lowest BCUT2D eigenvalue weighted by Gasteiger charge is -2.10. The molecule has 0 spiro atoms. The molecule has 0 amide bonds. The maximum atomic E-state index is 12.4. The molecule has 0 unspecified atom stereocenters.